The smallest absolute Gasteiger partial charge is 0.267 e. The Morgan fingerprint density at radius 2 is 1.47 bits per heavy atom. The Kier molecular flexibility index (Phi) is 11.8. The van der Waals surface area contributed by atoms with Crippen LogP contribution in [0, 0.1) is 0 Å². The van der Waals surface area contributed by atoms with Gasteiger partial charge in [-0.05, 0) is 20.3 Å². The molecule has 5 nitrogen and oxygen atoms in total. The van der Waals surface area contributed by atoms with Gasteiger partial charge in [-0.1, -0.05) is 45.4 Å². The first-order valence-corrected chi connectivity index (χ1v) is 8.44. The maximum Gasteiger partial charge on any atom is 0.267 e. The van der Waals surface area contributed by atoms with Crippen LogP contribution in [-0.2, 0) is 14.3 Å². The van der Waals surface area contributed by atoms with Crippen LogP contribution in [-0.4, -0.2) is 31.5 Å². The minimum atomic E-state index is -3.47. The molecule has 0 radical (unpaired) electrons. The van der Waals surface area contributed by atoms with Crippen LogP contribution in [0.1, 0.15) is 65.7 Å². The molecule has 0 aliphatic carbocycles. The summed E-state index contributed by atoms with van der Waals surface area (Å²) in [6.45, 7) is 5.05. The molecule has 0 aliphatic heterocycles. The molecule has 4 N–H and O–H groups in total. The molecule has 0 aromatic heterocycles. The second-order valence-corrected chi connectivity index (χ2v) is 7.22. The van der Waals surface area contributed by atoms with E-state index in [2.05, 4.69) is 6.92 Å². The Balaban J connectivity index is 0. The van der Waals surface area contributed by atoms with Crippen LogP contribution in [0.5, 0.6) is 0 Å². The molecule has 0 amide bonds. The summed E-state index contributed by atoms with van der Waals surface area (Å²) in [5.74, 6) is 0.0524. The number of rotatable bonds is 11. The molecule has 0 saturated heterocycles. The fourth-order valence-electron chi connectivity index (χ4n) is 1.53. The molecule has 0 aliphatic rings. The molecule has 0 heterocycles. The van der Waals surface area contributed by atoms with Crippen molar-refractivity contribution in [3.05, 3.63) is 0 Å². The minimum absolute atomic E-state index is 0. The fraction of sp³-hybridized carbons (Fsp3) is 1.00. The lowest BCUT2D eigenvalue weighted by molar-refractivity contribution is 0.0307. The molecule has 0 spiro atoms. The van der Waals surface area contributed by atoms with E-state index in [0.717, 1.165) is 12.8 Å². The fourth-order valence-corrected chi connectivity index (χ4v) is 2.67. The van der Waals surface area contributed by atoms with Crippen LogP contribution in [0.15, 0.2) is 0 Å². The summed E-state index contributed by atoms with van der Waals surface area (Å²) in [6, 6.07) is 0. The van der Waals surface area contributed by atoms with Gasteiger partial charge in [0.05, 0.1) is 18.0 Å². The first-order valence-electron chi connectivity index (χ1n) is 6.86. The molecule has 0 rings (SSSR count). The highest BCUT2D eigenvalue weighted by molar-refractivity contribution is 7.86. The Bertz CT molecular complexity index is 296. The second kappa shape index (κ2) is 10.6. The summed E-state index contributed by atoms with van der Waals surface area (Å²) < 4.78 is 27.7. The zero-order valence-electron chi connectivity index (χ0n) is 12.7. The van der Waals surface area contributed by atoms with E-state index in [1.807, 2.05) is 0 Å². The molecule has 0 atom stereocenters. The molecule has 0 saturated carbocycles. The van der Waals surface area contributed by atoms with Crippen LogP contribution in [0.2, 0.25) is 0 Å². The van der Waals surface area contributed by atoms with E-state index in [4.69, 9.17) is 4.18 Å². The Morgan fingerprint density at radius 1 is 1.00 bits per heavy atom. The zero-order chi connectivity index (χ0) is 14.1. The third-order valence-corrected chi connectivity index (χ3v) is 3.86. The molecule has 118 valence electrons. The van der Waals surface area contributed by atoms with Crippen LogP contribution in [0.25, 0.3) is 0 Å². The zero-order valence-corrected chi connectivity index (χ0v) is 13.5. The van der Waals surface area contributed by atoms with Crippen LogP contribution < -0.4 is 6.15 Å². The van der Waals surface area contributed by atoms with Crippen LogP contribution in [0.4, 0.5) is 0 Å². The first kappa shape index (κ1) is 21.1. The average Bonchev–Trinajstić information content (AvgIpc) is 2.25. The van der Waals surface area contributed by atoms with E-state index >= 15 is 0 Å². The molecule has 6 heteroatoms. The Labute approximate surface area is 118 Å². The van der Waals surface area contributed by atoms with Gasteiger partial charge < -0.3 is 11.3 Å². The number of hydrogen-bond donors (Lipinski definition) is 2. The van der Waals surface area contributed by atoms with Gasteiger partial charge in [-0.25, -0.2) is 0 Å². The van der Waals surface area contributed by atoms with Crippen molar-refractivity contribution in [1.82, 2.24) is 6.15 Å². The van der Waals surface area contributed by atoms with E-state index in [-0.39, 0.29) is 18.5 Å². The largest absolute Gasteiger partial charge is 0.388 e. The van der Waals surface area contributed by atoms with Crippen molar-refractivity contribution in [2.24, 2.45) is 0 Å². The summed E-state index contributed by atoms with van der Waals surface area (Å²) in [5, 5.41) is 9.38. The predicted molar refractivity (Wildman–Crippen MR) is 79.1 cm³/mol. The van der Waals surface area contributed by atoms with Crippen molar-refractivity contribution >= 4 is 10.1 Å². The number of aliphatic hydroxyl groups is 1. The molecule has 0 unspecified atom stereocenters. The second-order valence-electron chi connectivity index (χ2n) is 5.46. The number of unbranched alkanes of at least 4 members (excludes halogenated alkanes) is 6. The van der Waals surface area contributed by atoms with Crippen molar-refractivity contribution < 1.29 is 17.7 Å². The summed E-state index contributed by atoms with van der Waals surface area (Å²) in [7, 11) is -3.47. The quantitative estimate of drug-likeness (QED) is 0.451. The summed E-state index contributed by atoms with van der Waals surface area (Å²) in [6.07, 6.45) is 7.54. The maximum atomic E-state index is 11.5. The molecule has 0 aromatic carbocycles. The monoisotopic (exact) mass is 297 g/mol. The predicted octanol–water partition coefficient (Wildman–Crippen LogP) is 3.02. The average molecular weight is 297 g/mol. The molecular formula is C13H31NO4S. The Morgan fingerprint density at radius 3 is 1.95 bits per heavy atom. The summed E-state index contributed by atoms with van der Waals surface area (Å²) >= 11 is 0. The van der Waals surface area contributed by atoms with Gasteiger partial charge in [0.2, 0.25) is 0 Å². The normalized spacial score (nSPS) is 12.2. The number of hydrogen-bond acceptors (Lipinski definition) is 5. The first-order chi connectivity index (χ1) is 8.27. The molecule has 0 bridgehead atoms. The van der Waals surface area contributed by atoms with E-state index < -0.39 is 15.7 Å². The van der Waals surface area contributed by atoms with E-state index in [9.17, 15) is 13.5 Å². The van der Waals surface area contributed by atoms with Crippen molar-refractivity contribution in [3.8, 4) is 0 Å². The van der Waals surface area contributed by atoms with Crippen molar-refractivity contribution in [3.63, 3.8) is 0 Å². The molecule has 19 heavy (non-hydrogen) atoms. The van der Waals surface area contributed by atoms with Gasteiger partial charge >= 0.3 is 0 Å². The highest BCUT2D eigenvalue weighted by Crippen LogP contribution is 2.10. The van der Waals surface area contributed by atoms with E-state index in [1.165, 1.54) is 39.5 Å². The molecule has 0 aromatic rings. The van der Waals surface area contributed by atoms with Crippen molar-refractivity contribution in [2.45, 2.75) is 71.3 Å². The lowest BCUT2D eigenvalue weighted by atomic mass is 10.1. The van der Waals surface area contributed by atoms with Gasteiger partial charge in [0.25, 0.3) is 10.1 Å². The highest BCUT2D eigenvalue weighted by atomic mass is 32.2. The highest BCUT2D eigenvalue weighted by Gasteiger charge is 2.18. The SMILES string of the molecule is CCCCCCCCCS(=O)(=O)OCC(C)(C)O.N. The van der Waals surface area contributed by atoms with Gasteiger partial charge in [-0.15, -0.1) is 0 Å². The van der Waals surface area contributed by atoms with Crippen LogP contribution >= 0.6 is 0 Å². The van der Waals surface area contributed by atoms with Crippen molar-refractivity contribution in [2.75, 3.05) is 12.4 Å². The van der Waals surface area contributed by atoms with Gasteiger partial charge in [-0.3, -0.25) is 4.18 Å². The van der Waals surface area contributed by atoms with Crippen LogP contribution in [0.3, 0.4) is 0 Å². The van der Waals surface area contributed by atoms with E-state index in [0.29, 0.717) is 6.42 Å². The summed E-state index contributed by atoms with van der Waals surface area (Å²) in [5.41, 5.74) is -1.10. The van der Waals surface area contributed by atoms with Gasteiger partial charge in [0, 0.05) is 0 Å². The Hall–Kier alpha value is -0.170. The van der Waals surface area contributed by atoms with E-state index in [1.54, 1.807) is 0 Å². The maximum absolute atomic E-state index is 11.5. The third-order valence-electron chi connectivity index (χ3n) is 2.59. The summed E-state index contributed by atoms with van der Waals surface area (Å²) in [4.78, 5) is 0. The topological polar surface area (TPSA) is 98.6 Å². The van der Waals surface area contributed by atoms with Gasteiger partial charge in [0.15, 0.2) is 0 Å². The van der Waals surface area contributed by atoms with Gasteiger partial charge in [-0.2, -0.15) is 8.42 Å². The standard InChI is InChI=1S/C13H28O4S.H3N/c1-4-5-6-7-8-9-10-11-18(15,16)17-12-13(2,3)14;/h14H,4-12H2,1-3H3;1H3. The lowest BCUT2D eigenvalue weighted by Gasteiger charge is -2.16. The molecular weight excluding hydrogens is 266 g/mol. The lowest BCUT2D eigenvalue weighted by Crippen LogP contribution is -2.28. The molecule has 0 fully saturated rings. The van der Waals surface area contributed by atoms with Gasteiger partial charge in [0.1, 0.15) is 0 Å². The van der Waals surface area contributed by atoms with Crippen molar-refractivity contribution in [1.29, 1.82) is 0 Å². The minimum Gasteiger partial charge on any atom is -0.388 e. The third kappa shape index (κ3) is 15.8.